The molecule has 2 atom stereocenters. The summed E-state index contributed by atoms with van der Waals surface area (Å²) in [4.78, 5) is 0. The van der Waals surface area contributed by atoms with E-state index < -0.39 is 0 Å². The van der Waals surface area contributed by atoms with Crippen LogP contribution in [0.3, 0.4) is 0 Å². The largest absolute Gasteiger partial charge is 0.391 e. The molecule has 68 valence electrons. The van der Waals surface area contributed by atoms with Crippen LogP contribution in [0.2, 0.25) is 0 Å². The van der Waals surface area contributed by atoms with Gasteiger partial charge in [0, 0.05) is 16.5 Å². The van der Waals surface area contributed by atoms with Gasteiger partial charge in [0.05, 0.1) is 6.10 Å². The fourth-order valence-electron chi connectivity index (χ4n) is 1.66. The van der Waals surface area contributed by atoms with Crippen LogP contribution in [-0.4, -0.2) is 5.11 Å². The molecule has 0 saturated heterocycles. The van der Waals surface area contributed by atoms with Crippen molar-refractivity contribution in [3.63, 3.8) is 0 Å². The van der Waals surface area contributed by atoms with Gasteiger partial charge >= 0.3 is 0 Å². The van der Waals surface area contributed by atoms with E-state index in [1.807, 2.05) is 18.2 Å². The van der Waals surface area contributed by atoms with Gasteiger partial charge in [-0.1, -0.05) is 24.3 Å². The average molecular weight is 206 g/mol. The standard InChI is InChI=1S/C10H11O.Ni/c1-7-6-8-4-2-3-5-9(8)10(7)11;/h2-5,7,10-11H,1,6H2;/q-1;/t7-,10-;/m1./s1. The van der Waals surface area contributed by atoms with E-state index in [0.29, 0.717) is 0 Å². The van der Waals surface area contributed by atoms with Crippen LogP contribution < -0.4 is 0 Å². The average Bonchev–Trinajstić information content (AvgIpc) is 2.30. The summed E-state index contributed by atoms with van der Waals surface area (Å²) < 4.78 is 0. The van der Waals surface area contributed by atoms with Gasteiger partial charge < -0.3 is 12.0 Å². The van der Waals surface area contributed by atoms with E-state index in [1.54, 1.807) is 0 Å². The summed E-state index contributed by atoms with van der Waals surface area (Å²) in [5, 5.41) is 9.59. The van der Waals surface area contributed by atoms with Gasteiger partial charge in [0.15, 0.2) is 0 Å². The van der Waals surface area contributed by atoms with Gasteiger partial charge in [-0.15, -0.1) is 5.92 Å². The maximum absolute atomic E-state index is 9.59. The molecule has 1 aliphatic rings. The number of aliphatic hydroxyl groups is 1. The van der Waals surface area contributed by atoms with Crippen molar-refractivity contribution in [3.8, 4) is 0 Å². The summed E-state index contributed by atoms with van der Waals surface area (Å²) >= 11 is 0. The van der Waals surface area contributed by atoms with Crippen molar-refractivity contribution >= 4 is 0 Å². The number of fused-ring (bicyclic) bond motifs is 1. The monoisotopic (exact) mass is 205 g/mol. The van der Waals surface area contributed by atoms with Crippen LogP contribution in [0, 0.1) is 12.8 Å². The maximum atomic E-state index is 9.59. The number of rotatable bonds is 0. The fourth-order valence-corrected chi connectivity index (χ4v) is 1.66. The third-order valence-corrected chi connectivity index (χ3v) is 2.30. The molecule has 2 rings (SSSR count). The van der Waals surface area contributed by atoms with Crippen LogP contribution in [0.1, 0.15) is 17.2 Å². The van der Waals surface area contributed by atoms with Crippen LogP contribution in [0.25, 0.3) is 0 Å². The normalized spacial score (nSPS) is 26.2. The second kappa shape index (κ2) is 3.59. The van der Waals surface area contributed by atoms with Crippen LogP contribution in [0.15, 0.2) is 24.3 Å². The van der Waals surface area contributed by atoms with Crippen molar-refractivity contribution in [2.45, 2.75) is 12.5 Å². The summed E-state index contributed by atoms with van der Waals surface area (Å²) in [7, 11) is 0. The SMILES string of the molecule is [CH2-][C@@H]1Cc2ccccc2[C@@H]1O.[Ni]. The van der Waals surface area contributed by atoms with Gasteiger partial charge in [-0.05, 0) is 17.5 Å². The first-order valence-electron chi connectivity index (χ1n) is 3.88. The van der Waals surface area contributed by atoms with E-state index in [1.165, 1.54) is 5.56 Å². The quantitative estimate of drug-likeness (QED) is 0.506. The van der Waals surface area contributed by atoms with Crippen molar-refractivity contribution in [1.82, 2.24) is 0 Å². The van der Waals surface area contributed by atoms with E-state index in [4.69, 9.17) is 0 Å². The van der Waals surface area contributed by atoms with Crippen molar-refractivity contribution in [2.75, 3.05) is 0 Å². The Morgan fingerprint density at radius 2 is 2.00 bits per heavy atom. The molecular formula is C10H11NiO-. The zero-order chi connectivity index (χ0) is 7.84. The number of aliphatic hydroxyl groups excluding tert-OH is 1. The van der Waals surface area contributed by atoms with Crippen molar-refractivity contribution in [1.29, 1.82) is 0 Å². The molecule has 0 saturated carbocycles. The third-order valence-electron chi connectivity index (χ3n) is 2.30. The summed E-state index contributed by atoms with van der Waals surface area (Å²) in [6.45, 7) is 3.88. The summed E-state index contributed by atoms with van der Waals surface area (Å²) in [6.07, 6.45) is 0.573. The Morgan fingerprint density at radius 1 is 1.33 bits per heavy atom. The summed E-state index contributed by atoms with van der Waals surface area (Å²) in [5.41, 5.74) is 2.31. The summed E-state index contributed by atoms with van der Waals surface area (Å²) in [5.74, 6) is 0.146. The first kappa shape index (κ1) is 9.76. The fraction of sp³-hybridized carbons (Fsp3) is 0.300. The predicted octanol–water partition coefficient (Wildman–Crippen LogP) is 1.72. The molecule has 1 nitrogen and oxygen atoms in total. The van der Waals surface area contributed by atoms with Crippen molar-refractivity contribution in [2.24, 2.45) is 5.92 Å². The number of hydrogen-bond acceptors (Lipinski definition) is 1. The van der Waals surface area contributed by atoms with Gasteiger partial charge in [0.2, 0.25) is 0 Å². The van der Waals surface area contributed by atoms with Crippen LogP contribution in [0.4, 0.5) is 0 Å². The van der Waals surface area contributed by atoms with Gasteiger partial charge in [-0.3, -0.25) is 0 Å². The molecule has 0 aliphatic heterocycles. The van der Waals surface area contributed by atoms with Gasteiger partial charge in [0.1, 0.15) is 0 Å². The molecule has 0 heterocycles. The molecule has 0 amide bonds. The molecule has 0 aromatic heterocycles. The molecule has 1 aliphatic carbocycles. The third kappa shape index (κ3) is 1.42. The minimum atomic E-state index is -0.341. The molecule has 12 heavy (non-hydrogen) atoms. The molecular weight excluding hydrogens is 195 g/mol. The molecule has 0 fully saturated rings. The Balaban J connectivity index is 0.000000720. The Morgan fingerprint density at radius 3 is 2.67 bits per heavy atom. The molecule has 0 bridgehead atoms. The minimum absolute atomic E-state index is 0. The predicted molar refractivity (Wildman–Crippen MR) is 44.0 cm³/mol. The molecule has 1 aromatic carbocycles. The van der Waals surface area contributed by atoms with E-state index in [2.05, 4.69) is 13.0 Å². The van der Waals surface area contributed by atoms with E-state index in [9.17, 15) is 5.11 Å². The van der Waals surface area contributed by atoms with Crippen molar-refractivity contribution < 1.29 is 21.6 Å². The van der Waals surface area contributed by atoms with Gasteiger partial charge in [0.25, 0.3) is 0 Å². The smallest absolute Gasteiger partial charge is 0.0552 e. The number of benzene rings is 1. The zero-order valence-corrected chi connectivity index (χ0v) is 7.63. The molecule has 0 spiro atoms. The number of hydrogen-bond donors (Lipinski definition) is 1. The molecule has 0 radical (unpaired) electrons. The van der Waals surface area contributed by atoms with Crippen LogP contribution in [0.5, 0.6) is 0 Å². The van der Waals surface area contributed by atoms with E-state index in [-0.39, 0.29) is 28.5 Å². The zero-order valence-electron chi connectivity index (χ0n) is 6.64. The van der Waals surface area contributed by atoms with E-state index in [0.717, 1.165) is 12.0 Å². The first-order valence-corrected chi connectivity index (χ1v) is 3.88. The van der Waals surface area contributed by atoms with Gasteiger partial charge in [-0.25, -0.2) is 0 Å². The van der Waals surface area contributed by atoms with E-state index >= 15 is 0 Å². The topological polar surface area (TPSA) is 20.2 Å². The Kier molecular flexibility index (Phi) is 2.92. The van der Waals surface area contributed by atoms with Gasteiger partial charge in [-0.2, -0.15) is 0 Å². The Hall–Kier alpha value is -0.326. The van der Waals surface area contributed by atoms with Crippen molar-refractivity contribution in [3.05, 3.63) is 42.3 Å². The molecule has 1 N–H and O–H groups in total. The second-order valence-electron chi connectivity index (χ2n) is 3.11. The Bertz CT molecular complexity index is 272. The second-order valence-corrected chi connectivity index (χ2v) is 3.11. The minimum Gasteiger partial charge on any atom is -0.391 e. The molecule has 1 aromatic rings. The molecule has 2 heteroatoms. The first-order chi connectivity index (χ1) is 5.29. The van der Waals surface area contributed by atoms with Crippen LogP contribution >= 0.6 is 0 Å². The summed E-state index contributed by atoms with van der Waals surface area (Å²) in [6, 6.07) is 8.00. The molecule has 0 unspecified atom stereocenters. The Labute approximate surface area is 82.7 Å². The maximum Gasteiger partial charge on any atom is 0.0552 e. The van der Waals surface area contributed by atoms with Crippen LogP contribution in [-0.2, 0) is 22.9 Å².